The van der Waals surface area contributed by atoms with Gasteiger partial charge in [0.1, 0.15) is 0 Å². The van der Waals surface area contributed by atoms with Crippen LogP contribution in [0.4, 0.5) is 5.69 Å². The first-order valence-corrected chi connectivity index (χ1v) is 3.65. The average Bonchev–Trinajstić information content (AvgIpc) is 2.58. The maximum atomic E-state index is 10.6. The SMILES string of the molecule is [2H]C([2H])([2H])n1ccc2ccc([N+](=O)[O-])cc21. The first-order chi connectivity index (χ1) is 7.39. The molecule has 0 saturated heterocycles. The lowest BCUT2D eigenvalue weighted by molar-refractivity contribution is -0.384. The lowest BCUT2D eigenvalue weighted by atomic mass is 10.2. The van der Waals surface area contributed by atoms with Crippen LogP contribution in [0.25, 0.3) is 10.9 Å². The summed E-state index contributed by atoms with van der Waals surface area (Å²) in [5, 5.41) is 11.3. The first kappa shape index (κ1) is 5.01. The monoisotopic (exact) mass is 179 g/mol. The summed E-state index contributed by atoms with van der Waals surface area (Å²) >= 11 is 0. The van der Waals surface area contributed by atoms with Gasteiger partial charge < -0.3 is 4.57 Å². The Bertz CT molecular complexity index is 559. The number of nitro groups is 1. The normalized spacial score (nSPS) is 14.9. The molecule has 1 aromatic carbocycles. The van der Waals surface area contributed by atoms with Gasteiger partial charge in [0.15, 0.2) is 0 Å². The zero-order valence-electron chi connectivity index (χ0n) is 9.60. The third-order valence-corrected chi connectivity index (χ3v) is 1.89. The Morgan fingerprint density at radius 2 is 2.38 bits per heavy atom. The number of non-ortho nitro benzene ring substituents is 1. The van der Waals surface area contributed by atoms with Crippen molar-refractivity contribution in [2.24, 2.45) is 6.98 Å². The van der Waals surface area contributed by atoms with Crippen LogP contribution in [0.1, 0.15) is 4.11 Å². The molecule has 0 aliphatic carbocycles. The predicted octanol–water partition coefficient (Wildman–Crippen LogP) is 2.09. The van der Waals surface area contributed by atoms with E-state index in [9.17, 15) is 10.1 Å². The van der Waals surface area contributed by atoms with Gasteiger partial charge in [-0.25, -0.2) is 0 Å². The average molecular weight is 179 g/mol. The van der Waals surface area contributed by atoms with Gasteiger partial charge in [-0.15, -0.1) is 0 Å². The lowest BCUT2D eigenvalue weighted by Crippen LogP contribution is -1.89. The Morgan fingerprint density at radius 1 is 1.54 bits per heavy atom. The zero-order chi connectivity index (χ0) is 11.9. The van der Waals surface area contributed by atoms with Crippen LogP contribution in [0.5, 0.6) is 0 Å². The van der Waals surface area contributed by atoms with Gasteiger partial charge in [-0.05, 0) is 12.1 Å². The third-order valence-electron chi connectivity index (χ3n) is 1.89. The number of rotatable bonds is 1. The summed E-state index contributed by atoms with van der Waals surface area (Å²) in [5.74, 6) is 0. The van der Waals surface area contributed by atoms with Crippen molar-refractivity contribution in [3.63, 3.8) is 0 Å². The van der Waals surface area contributed by atoms with Gasteiger partial charge in [-0.3, -0.25) is 10.1 Å². The van der Waals surface area contributed by atoms with E-state index in [0.717, 1.165) is 4.57 Å². The van der Waals surface area contributed by atoms with E-state index >= 15 is 0 Å². The third kappa shape index (κ3) is 1.16. The Labute approximate surface area is 78.8 Å². The van der Waals surface area contributed by atoms with E-state index < -0.39 is 11.9 Å². The van der Waals surface area contributed by atoms with Crippen LogP contribution in [0, 0.1) is 10.1 Å². The van der Waals surface area contributed by atoms with Gasteiger partial charge in [0.05, 0.1) is 10.4 Å². The summed E-state index contributed by atoms with van der Waals surface area (Å²) in [5.41, 5.74) is 0.228. The Hall–Kier alpha value is -1.84. The van der Waals surface area contributed by atoms with Gasteiger partial charge >= 0.3 is 0 Å². The van der Waals surface area contributed by atoms with Crippen molar-refractivity contribution < 1.29 is 9.04 Å². The number of fused-ring (bicyclic) bond motifs is 1. The largest absolute Gasteiger partial charge is 0.350 e. The second-order valence-corrected chi connectivity index (χ2v) is 2.69. The Morgan fingerprint density at radius 3 is 3.08 bits per heavy atom. The molecule has 1 heterocycles. The molecule has 0 fully saturated rings. The van der Waals surface area contributed by atoms with Gasteiger partial charge in [0.25, 0.3) is 5.69 Å². The molecule has 0 radical (unpaired) electrons. The number of nitro benzene ring substituents is 1. The molecule has 2 aromatic rings. The molecule has 0 bridgehead atoms. The highest BCUT2D eigenvalue weighted by Gasteiger charge is 2.06. The molecule has 0 saturated carbocycles. The number of hydrogen-bond donors (Lipinski definition) is 0. The van der Waals surface area contributed by atoms with Crippen molar-refractivity contribution in [1.29, 1.82) is 0 Å². The molecule has 0 N–H and O–H groups in total. The minimum atomic E-state index is -2.32. The fourth-order valence-corrected chi connectivity index (χ4v) is 1.23. The highest BCUT2D eigenvalue weighted by Crippen LogP contribution is 2.20. The standard InChI is InChI=1S/C9H8N2O2/c1-10-5-4-7-2-3-8(11(12)13)6-9(7)10/h2-6H,1H3/i1D3. The summed E-state index contributed by atoms with van der Waals surface area (Å²) in [6.45, 7) is -2.32. The van der Waals surface area contributed by atoms with Gasteiger partial charge in [-0.1, -0.05) is 0 Å². The van der Waals surface area contributed by atoms with Gasteiger partial charge in [0.2, 0.25) is 0 Å². The molecule has 1 aromatic heterocycles. The fourth-order valence-electron chi connectivity index (χ4n) is 1.23. The molecule has 0 amide bonds. The molecule has 66 valence electrons. The van der Waals surface area contributed by atoms with Crippen molar-refractivity contribution >= 4 is 16.6 Å². The molecule has 0 atom stereocenters. The minimum absolute atomic E-state index is 0.114. The van der Waals surface area contributed by atoms with E-state index in [2.05, 4.69) is 0 Å². The topological polar surface area (TPSA) is 48.1 Å². The van der Waals surface area contributed by atoms with Gasteiger partial charge in [0, 0.05) is 34.8 Å². The van der Waals surface area contributed by atoms with Crippen molar-refractivity contribution in [2.75, 3.05) is 0 Å². The van der Waals surface area contributed by atoms with Crippen LogP contribution in [0.3, 0.4) is 0 Å². The smallest absolute Gasteiger partial charge is 0.271 e. The summed E-state index contributed by atoms with van der Waals surface area (Å²) in [4.78, 5) is 10.0. The van der Waals surface area contributed by atoms with Crippen LogP contribution in [0.15, 0.2) is 30.5 Å². The summed E-state index contributed by atoms with van der Waals surface area (Å²) in [6.07, 6.45) is 1.40. The number of aryl methyl sites for hydroxylation is 1. The molecule has 4 nitrogen and oxygen atoms in total. The maximum Gasteiger partial charge on any atom is 0.271 e. The van der Waals surface area contributed by atoms with E-state index in [4.69, 9.17) is 4.11 Å². The van der Waals surface area contributed by atoms with E-state index in [-0.39, 0.29) is 5.69 Å². The van der Waals surface area contributed by atoms with Crippen LogP contribution in [0.2, 0.25) is 0 Å². The maximum absolute atomic E-state index is 10.6. The minimum Gasteiger partial charge on any atom is -0.350 e. The zero-order valence-corrected chi connectivity index (χ0v) is 6.60. The van der Waals surface area contributed by atoms with Gasteiger partial charge in [-0.2, -0.15) is 0 Å². The Kier molecular flexibility index (Phi) is 0.997. The molecule has 13 heavy (non-hydrogen) atoms. The molecule has 4 heteroatoms. The summed E-state index contributed by atoms with van der Waals surface area (Å²) in [6, 6.07) is 5.77. The second-order valence-electron chi connectivity index (χ2n) is 2.69. The van der Waals surface area contributed by atoms with Crippen LogP contribution >= 0.6 is 0 Å². The summed E-state index contributed by atoms with van der Waals surface area (Å²) < 4.78 is 22.9. The van der Waals surface area contributed by atoms with E-state index in [1.165, 1.54) is 24.4 Å². The molecule has 0 spiro atoms. The van der Waals surface area contributed by atoms with Crippen LogP contribution in [-0.4, -0.2) is 9.49 Å². The highest BCUT2D eigenvalue weighted by molar-refractivity contribution is 5.82. The van der Waals surface area contributed by atoms with E-state index in [0.29, 0.717) is 10.9 Å². The van der Waals surface area contributed by atoms with Crippen LogP contribution in [-0.2, 0) is 6.98 Å². The second kappa shape index (κ2) is 2.58. The quantitative estimate of drug-likeness (QED) is 0.497. The van der Waals surface area contributed by atoms with Crippen molar-refractivity contribution in [3.8, 4) is 0 Å². The first-order valence-electron chi connectivity index (χ1n) is 5.15. The lowest BCUT2D eigenvalue weighted by Gasteiger charge is -1.95. The molecular formula is C9H8N2O2. The van der Waals surface area contributed by atoms with Crippen molar-refractivity contribution in [3.05, 3.63) is 40.6 Å². The number of benzene rings is 1. The van der Waals surface area contributed by atoms with Crippen LogP contribution < -0.4 is 0 Å². The number of aromatic nitrogens is 1. The molecule has 0 aliphatic heterocycles. The van der Waals surface area contributed by atoms with E-state index in [1.54, 1.807) is 6.07 Å². The highest BCUT2D eigenvalue weighted by atomic mass is 16.6. The summed E-state index contributed by atoms with van der Waals surface area (Å²) in [7, 11) is 0. The Balaban J connectivity index is 2.70. The molecule has 0 aliphatic rings. The predicted molar refractivity (Wildman–Crippen MR) is 49.6 cm³/mol. The molecular weight excluding hydrogens is 168 g/mol. The molecule has 0 unspecified atom stereocenters. The fraction of sp³-hybridized carbons (Fsp3) is 0.111. The number of hydrogen-bond acceptors (Lipinski definition) is 2. The molecule has 2 rings (SSSR count). The van der Waals surface area contributed by atoms with E-state index in [1.807, 2.05) is 0 Å². The number of nitrogens with zero attached hydrogens (tertiary/aromatic N) is 2. The van der Waals surface area contributed by atoms with Crippen molar-refractivity contribution in [2.45, 2.75) is 0 Å². The van der Waals surface area contributed by atoms with Crippen molar-refractivity contribution in [1.82, 2.24) is 4.57 Å².